The molecular formula is C17H28N2O. The van der Waals surface area contributed by atoms with Crippen molar-refractivity contribution in [1.82, 2.24) is 10.2 Å². The largest absolute Gasteiger partial charge is 0.497 e. The lowest BCUT2D eigenvalue weighted by atomic mass is 10.0. The number of benzene rings is 1. The van der Waals surface area contributed by atoms with E-state index in [1.54, 1.807) is 7.11 Å². The van der Waals surface area contributed by atoms with Gasteiger partial charge in [0.25, 0.3) is 0 Å². The first-order chi connectivity index (χ1) is 9.76. The minimum absolute atomic E-state index is 0.640. The molecule has 20 heavy (non-hydrogen) atoms. The SMILES string of the molecule is CCCC1CNC(CC)CN1Cc1ccc(OC)cc1. The molecule has 0 spiro atoms. The molecule has 2 atom stereocenters. The molecule has 1 fully saturated rings. The van der Waals surface area contributed by atoms with Crippen molar-refractivity contribution in [3.05, 3.63) is 29.8 Å². The number of methoxy groups -OCH3 is 1. The maximum atomic E-state index is 5.23. The smallest absolute Gasteiger partial charge is 0.118 e. The number of ether oxygens (including phenoxy) is 1. The molecule has 112 valence electrons. The second-order valence-corrected chi connectivity index (χ2v) is 5.73. The Kier molecular flexibility index (Phi) is 5.86. The Bertz CT molecular complexity index is 390. The van der Waals surface area contributed by atoms with Gasteiger partial charge in [-0.1, -0.05) is 32.4 Å². The third-order valence-electron chi connectivity index (χ3n) is 4.27. The van der Waals surface area contributed by atoms with Crippen molar-refractivity contribution in [1.29, 1.82) is 0 Å². The lowest BCUT2D eigenvalue weighted by molar-refractivity contribution is 0.113. The molecule has 0 aromatic heterocycles. The van der Waals surface area contributed by atoms with Crippen LogP contribution in [0.4, 0.5) is 0 Å². The van der Waals surface area contributed by atoms with Gasteiger partial charge in [0.1, 0.15) is 5.75 Å². The number of nitrogens with one attached hydrogen (secondary N) is 1. The normalized spacial score (nSPS) is 23.8. The number of rotatable bonds is 6. The summed E-state index contributed by atoms with van der Waals surface area (Å²) in [6, 6.07) is 9.80. The van der Waals surface area contributed by atoms with Crippen LogP contribution < -0.4 is 10.1 Å². The van der Waals surface area contributed by atoms with Gasteiger partial charge in [-0.25, -0.2) is 0 Å². The summed E-state index contributed by atoms with van der Waals surface area (Å²) in [5.41, 5.74) is 1.38. The average molecular weight is 276 g/mol. The predicted molar refractivity (Wildman–Crippen MR) is 84.2 cm³/mol. The fraction of sp³-hybridized carbons (Fsp3) is 0.647. The van der Waals surface area contributed by atoms with Gasteiger partial charge >= 0.3 is 0 Å². The van der Waals surface area contributed by atoms with Crippen LogP contribution in [0.25, 0.3) is 0 Å². The second kappa shape index (κ2) is 7.65. The van der Waals surface area contributed by atoms with E-state index in [1.807, 2.05) is 0 Å². The van der Waals surface area contributed by atoms with E-state index in [1.165, 1.54) is 24.8 Å². The minimum Gasteiger partial charge on any atom is -0.497 e. The average Bonchev–Trinajstić information content (AvgIpc) is 2.50. The number of hydrogen-bond acceptors (Lipinski definition) is 3. The second-order valence-electron chi connectivity index (χ2n) is 5.73. The van der Waals surface area contributed by atoms with E-state index >= 15 is 0 Å². The molecule has 0 aliphatic carbocycles. The Balaban J connectivity index is 2.01. The zero-order valence-electron chi connectivity index (χ0n) is 13.1. The van der Waals surface area contributed by atoms with E-state index in [2.05, 4.69) is 48.3 Å². The number of hydrogen-bond donors (Lipinski definition) is 1. The van der Waals surface area contributed by atoms with Crippen molar-refractivity contribution < 1.29 is 4.74 Å². The third-order valence-corrected chi connectivity index (χ3v) is 4.27. The molecule has 2 unspecified atom stereocenters. The highest BCUT2D eigenvalue weighted by Gasteiger charge is 2.26. The van der Waals surface area contributed by atoms with Crippen LogP contribution in [-0.4, -0.2) is 37.2 Å². The quantitative estimate of drug-likeness (QED) is 0.864. The zero-order chi connectivity index (χ0) is 14.4. The first kappa shape index (κ1) is 15.3. The van der Waals surface area contributed by atoms with Crippen LogP contribution in [0.15, 0.2) is 24.3 Å². The Hall–Kier alpha value is -1.06. The van der Waals surface area contributed by atoms with Crippen LogP contribution in [0.1, 0.15) is 38.7 Å². The Labute approximate surface area is 123 Å². The Morgan fingerprint density at radius 2 is 2.00 bits per heavy atom. The molecular weight excluding hydrogens is 248 g/mol. The van der Waals surface area contributed by atoms with E-state index in [0.717, 1.165) is 25.4 Å². The lowest BCUT2D eigenvalue weighted by Crippen LogP contribution is -2.55. The maximum Gasteiger partial charge on any atom is 0.118 e. The van der Waals surface area contributed by atoms with Gasteiger partial charge in [0.2, 0.25) is 0 Å². The van der Waals surface area contributed by atoms with Gasteiger partial charge in [0.15, 0.2) is 0 Å². The first-order valence-corrected chi connectivity index (χ1v) is 7.87. The first-order valence-electron chi connectivity index (χ1n) is 7.87. The summed E-state index contributed by atoms with van der Waals surface area (Å²) in [5, 5.41) is 3.68. The van der Waals surface area contributed by atoms with Gasteiger partial charge < -0.3 is 10.1 Å². The molecule has 0 saturated carbocycles. The standard InChI is InChI=1S/C17H28N2O/c1-4-6-16-11-18-15(5-2)13-19(16)12-14-7-9-17(20-3)10-8-14/h7-10,15-16,18H,4-6,11-13H2,1-3H3. The molecule has 1 N–H and O–H groups in total. The number of nitrogens with zero attached hydrogens (tertiary/aromatic N) is 1. The van der Waals surface area contributed by atoms with Gasteiger partial charge in [0.05, 0.1) is 7.11 Å². The summed E-state index contributed by atoms with van der Waals surface area (Å²) in [5.74, 6) is 0.936. The van der Waals surface area contributed by atoms with E-state index in [-0.39, 0.29) is 0 Å². The molecule has 0 radical (unpaired) electrons. The molecule has 3 heteroatoms. The Morgan fingerprint density at radius 3 is 2.60 bits per heavy atom. The van der Waals surface area contributed by atoms with Crippen LogP contribution >= 0.6 is 0 Å². The van der Waals surface area contributed by atoms with Crippen molar-refractivity contribution in [3.8, 4) is 5.75 Å². The van der Waals surface area contributed by atoms with E-state index < -0.39 is 0 Å². The highest BCUT2D eigenvalue weighted by atomic mass is 16.5. The van der Waals surface area contributed by atoms with E-state index in [4.69, 9.17) is 4.74 Å². The van der Waals surface area contributed by atoms with Crippen LogP contribution in [-0.2, 0) is 6.54 Å². The fourth-order valence-electron chi connectivity index (χ4n) is 2.98. The number of piperazine rings is 1. The van der Waals surface area contributed by atoms with Crippen molar-refractivity contribution in [2.75, 3.05) is 20.2 Å². The van der Waals surface area contributed by atoms with Crippen molar-refractivity contribution in [2.45, 2.75) is 51.7 Å². The van der Waals surface area contributed by atoms with Crippen LogP contribution in [0.5, 0.6) is 5.75 Å². The minimum atomic E-state index is 0.640. The Morgan fingerprint density at radius 1 is 1.25 bits per heavy atom. The molecule has 1 aliphatic rings. The van der Waals surface area contributed by atoms with Crippen molar-refractivity contribution >= 4 is 0 Å². The van der Waals surface area contributed by atoms with E-state index in [0.29, 0.717) is 12.1 Å². The zero-order valence-corrected chi connectivity index (χ0v) is 13.1. The summed E-state index contributed by atoms with van der Waals surface area (Å²) in [4.78, 5) is 2.65. The van der Waals surface area contributed by atoms with Gasteiger partial charge in [-0.15, -0.1) is 0 Å². The molecule has 1 heterocycles. The lowest BCUT2D eigenvalue weighted by Gasteiger charge is -2.40. The molecule has 1 aromatic carbocycles. The topological polar surface area (TPSA) is 24.5 Å². The van der Waals surface area contributed by atoms with Gasteiger partial charge in [-0.3, -0.25) is 4.90 Å². The molecule has 1 aromatic rings. The molecule has 0 amide bonds. The molecule has 0 bridgehead atoms. The molecule has 1 aliphatic heterocycles. The van der Waals surface area contributed by atoms with Crippen LogP contribution in [0.3, 0.4) is 0 Å². The molecule has 3 nitrogen and oxygen atoms in total. The monoisotopic (exact) mass is 276 g/mol. The fourth-order valence-corrected chi connectivity index (χ4v) is 2.98. The van der Waals surface area contributed by atoms with Gasteiger partial charge in [-0.2, -0.15) is 0 Å². The maximum absolute atomic E-state index is 5.23. The molecule has 2 rings (SSSR count). The van der Waals surface area contributed by atoms with Crippen molar-refractivity contribution in [3.63, 3.8) is 0 Å². The highest BCUT2D eigenvalue weighted by molar-refractivity contribution is 5.27. The van der Waals surface area contributed by atoms with Crippen LogP contribution in [0, 0.1) is 0 Å². The predicted octanol–water partition coefficient (Wildman–Crippen LogP) is 3.05. The van der Waals surface area contributed by atoms with Gasteiger partial charge in [0, 0.05) is 31.7 Å². The van der Waals surface area contributed by atoms with Crippen LogP contribution in [0.2, 0.25) is 0 Å². The molecule has 1 saturated heterocycles. The van der Waals surface area contributed by atoms with Crippen molar-refractivity contribution in [2.24, 2.45) is 0 Å². The third kappa shape index (κ3) is 3.97. The summed E-state index contributed by atoms with van der Waals surface area (Å²) in [6.07, 6.45) is 3.74. The summed E-state index contributed by atoms with van der Waals surface area (Å²) < 4.78 is 5.23. The van der Waals surface area contributed by atoms with Gasteiger partial charge in [-0.05, 0) is 30.5 Å². The summed E-state index contributed by atoms with van der Waals surface area (Å²) >= 11 is 0. The summed E-state index contributed by atoms with van der Waals surface area (Å²) in [7, 11) is 1.72. The summed E-state index contributed by atoms with van der Waals surface area (Å²) in [6.45, 7) is 7.88. The van der Waals surface area contributed by atoms with E-state index in [9.17, 15) is 0 Å². The highest BCUT2D eigenvalue weighted by Crippen LogP contribution is 2.19.